The largest absolute Gasteiger partial charge is 0.466 e. The normalized spacial score (nSPS) is 12.6. The van der Waals surface area contributed by atoms with Gasteiger partial charge in [-0.05, 0) is 19.3 Å². The molecule has 0 spiro atoms. The van der Waals surface area contributed by atoms with E-state index in [2.05, 4.69) is 0 Å². The first kappa shape index (κ1) is 10.4. The molecule has 0 radical (unpaired) electrons. The van der Waals surface area contributed by atoms with Gasteiger partial charge in [0, 0.05) is 13.0 Å². The molecule has 0 heterocycles. The molecule has 0 aliphatic carbocycles. The Bertz CT molecular complexity index is 112. The van der Waals surface area contributed by atoms with Crippen LogP contribution in [0.2, 0.25) is 0 Å². The van der Waals surface area contributed by atoms with Gasteiger partial charge in [0.25, 0.3) is 0 Å². The lowest BCUT2D eigenvalue weighted by Gasteiger charge is -2.05. The molecule has 0 aromatic rings. The summed E-state index contributed by atoms with van der Waals surface area (Å²) in [6.07, 6.45) is 1.12. The summed E-state index contributed by atoms with van der Waals surface area (Å²) in [5.41, 5.74) is 0. The van der Waals surface area contributed by atoms with Gasteiger partial charge in [-0.3, -0.25) is 4.79 Å². The quantitative estimate of drug-likeness (QED) is 0.609. The number of esters is 1. The molecule has 0 amide bonds. The predicted molar refractivity (Wildman–Crippen MR) is 42.1 cm³/mol. The molecular weight excluding hydrogens is 144 g/mol. The summed E-state index contributed by atoms with van der Waals surface area (Å²) in [6.45, 7) is 4.26. The Morgan fingerprint density at radius 2 is 2.27 bits per heavy atom. The lowest BCUT2D eigenvalue weighted by Crippen LogP contribution is -2.08. The van der Waals surface area contributed by atoms with Crippen molar-refractivity contribution in [2.24, 2.45) is 5.92 Å². The molecule has 0 bridgehead atoms. The molecule has 1 N–H and O–H groups in total. The fourth-order valence-electron chi connectivity index (χ4n) is 0.689. The summed E-state index contributed by atoms with van der Waals surface area (Å²) in [4.78, 5) is 10.8. The van der Waals surface area contributed by atoms with Crippen molar-refractivity contribution in [1.82, 2.24) is 0 Å². The van der Waals surface area contributed by atoms with Gasteiger partial charge in [-0.15, -0.1) is 0 Å². The highest BCUT2D eigenvalue weighted by Crippen LogP contribution is 2.04. The SMILES string of the molecule is CCOC(=O)CC[C@@H](C)CO. The van der Waals surface area contributed by atoms with E-state index < -0.39 is 0 Å². The maximum atomic E-state index is 10.8. The Morgan fingerprint density at radius 1 is 1.64 bits per heavy atom. The minimum absolute atomic E-state index is 0.138. The number of rotatable bonds is 5. The second-order valence-electron chi connectivity index (χ2n) is 2.63. The van der Waals surface area contributed by atoms with Gasteiger partial charge >= 0.3 is 5.97 Å². The van der Waals surface area contributed by atoms with Gasteiger partial charge in [0.1, 0.15) is 0 Å². The fraction of sp³-hybridized carbons (Fsp3) is 0.875. The van der Waals surface area contributed by atoms with Crippen LogP contribution < -0.4 is 0 Å². The van der Waals surface area contributed by atoms with E-state index in [-0.39, 0.29) is 18.5 Å². The van der Waals surface area contributed by atoms with Crippen LogP contribution in [-0.4, -0.2) is 24.3 Å². The third-order valence-electron chi connectivity index (χ3n) is 1.46. The average molecular weight is 160 g/mol. The van der Waals surface area contributed by atoms with Crippen LogP contribution in [0, 0.1) is 5.92 Å². The summed E-state index contributed by atoms with van der Waals surface area (Å²) in [5.74, 6) is 0.0206. The summed E-state index contributed by atoms with van der Waals surface area (Å²) >= 11 is 0. The van der Waals surface area contributed by atoms with E-state index in [1.54, 1.807) is 6.92 Å². The summed E-state index contributed by atoms with van der Waals surface area (Å²) < 4.78 is 4.72. The van der Waals surface area contributed by atoms with Gasteiger partial charge in [0.2, 0.25) is 0 Å². The van der Waals surface area contributed by atoms with Gasteiger partial charge in [-0.25, -0.2) is 0 Å². The maximum absolute atomic E-state index is 10.8. The molecule has 0 aliphatic heterocycles. The monoisotopic (exact) mass is 160 g/mol. The molecule has 0 saturated heterocycles. The van der Waals surface area contributed by atoms with E-state index in [9.17, 15) is 4.79 Å². The highest BCUT2D eigenvalue weighted by atomic mass is 16.5. The molecule has 0 aromatic carbocycles. The van der Waals surface area contributed by atoms with Crippen molar-refractivity contribution < 1.29 is 14.6 Å². The zero-order valence-electron chi connectivity index (χ0n) is 7.17. The molecule has 1 atom stereocenters. The van der Waals surface area contributed by atoms with Crippen molar-refractivity contribution in [3.05, 3.63) is 0 Å². The van der Waals surface area contributed by atoms with Crippen LogP contribution >= 0.6 is 0 Å². The van der Waals surface area contributed by atoms with E-state index in [1.165, 1.54) is 0 Å². The summed E-state index contributed by atoms with van der Waals surface area (Å²) in [5, 5.41) is 8.63. The molecule has 0 saturated carbocycles. The number of hydrogen-bond donors (Lipinski definition) is 1. The van der Waals surface area contributed by atoms with Crippen LogP contribution in [0.3, 0.4) is 0 Å². The van der Waals surface area contributed by atoms with E-state index in [1.807, 2.05) is 6.92 Å². The van der Waals surface area contributed by atoms with E-state index >= 15 is 0 Å². The van der Waals surface area contributed by atoms with E-state index in [0.717, 1.165) is 0 Å². The van der Waals surface area contributed by atoms with Gasteiger partial charge in [-0.2, -0.15) is 0 Å². The highest BCUT2D eigenvalue weighted by molar-refractivity contribution is 5.69. The predicted octanol–water partition coefficient (Wildman–Crippen LogP) is 0.958. The van der Waals surface area contributed by atoms with Crippen LogP contribution in [-0.2, 0) is 9.53 Å². The van der Waals surface area contributed by atoms with Crippen LogP contribution in [0.5, 0.6) is 0 Å². The Balaban J connectivity index is 3.30. The molecule has 3 heteroatoms. The lowest BCUT2D eigenvalue weighted by molar-refractivity contribution is -0.143. The second kappa shape index (κ2) is 6.16. The van der Waals surface area contributed by atoms with Gasteiger partial charge in [-0.1, -0.05) is 6.92 Å². The number of carbonyl (C=O) groups excluding carboxylic acids is 1. The van der Waals surface area contributed by atoms with E-state index in [0.29, 0.717) is 19.4 Å². The van der Waals surface area contributed by atoms with Crippen molar-refractivity contribution in [1.29, 1.82) is 0 Å². The Hall–Kier alpha value is -0.570. The van der Waals surface area contributed by atoms with Gasteiger partial charge < -0.3 is 9.84 Å². The third kappa shape index (κ3) is 5.85. The Kier molecular flexibility index (Phi) is 5.84. The topological polar surface area (TPSA) is 46.5 Å². The number of hydrogen-bond acceptors (Lipinski definition) is 3. The van der Waals surface area contributed by atoms with Crippen molar-refractivity contribution >= 4 is 5.97 Å². The summed E-state index contributed by atoms with van der Waals surface area (Å²) in [6, 6.07) is 0. The zero-order valence-corrected chi connectivity index (χ0v) is 7.17. The highest BCUT2D eigenvalue weighted by Gasteiger charge is 2.05. The number of aliphatic hydroxyl groups is 1. The Morgan fingerprint density at radius 3 is 2.73 bits per heavy atom. The van der Waals surface area contributed by atoms with Crippen molar-refractivity contribution in [3.8, 4) is 0 Å². The lowest BCUT2D eigenvalue weighted by atomic mass is 10.1. The minimum atomic E-state index is -0.173. The number of aliphatic hydroxyl groups excluding tert-OH is 1. The van der Waals surface area contributed by atoms with Crippen molar-refractivity contribution in [2.75, 3.05) is 13.2 Å². The molecule has 0 rings (SSSR count). The molecule has 11 heavy (non-hydrogen) atoms. The third-order valence-corrected chi connectivity index (χ3v) is 1.46. The van der Waals surface area contributed by atoms with Crippen LogP contribution in [0.25, 0.3) is 0 Å². The molecule has 66 valence electrons. The zero-order chi connectivity index (χ0) is 8.69. The molecule has 3 nitrogen and oxygen atoms in total. The minimum Gasteiger partial charge on any atom is -0.466 e. The van der Waals surface area contributed by atoms with Gasteiger partial charge in [0.15, 0.2) is 0 Å². The van der Waals surface area contributed by atoms with Gasteiger partial charge in [0.05, 0.1) is 6.61 Å². The number of carbonyl (C=O) groups is 1. The standard InChI is InChI=1S/C8H16O3/c1-3-11-8(10)5-4-7(2)6-9/h7,9H,3-6H2,1-2H3/t7-/m1/s1. The molecule has 0 aromatic heterocycles. The molecule has 0 aliphatic rings. The van der Waals surface area contributed by atoms with Crippen LogP contribution in [0.1, 0.15) is 26.7 Å². The van der Waals surface area contributed by atoms with Crippen LogP contribution in [0.4, 0.5) is 0 Å². The number of ether oxygens (including phenoxy) is 1. The summed E-state index contributed by atoms with van der Waals surface area (Å²) in [7, 11) is 0. The molecule has 0 fully saturated rings. The van der Waals surface area contributed by atoms with Crippen molar-refractivity contribution in [2.45, 2.75) is 26.7 Å². The maximum Gasteiger partial charge on any atom is 0.305 e. The average Bonchev–Trinajstić information content (AvgIpc) is 2.01. The van der Waals surface area contributed by atoms with Crippen molar-refractivity contribution in [3.63, 3.8) is 0 Å². The molecular formula is C8H16O3. The molecule has 0 unspecified atom stereocenters. The van der Waals surface area contributed by atoms with Crippen LogP contribution in [0.15, 0.2) is 0 Å². The second-order valence-corrected chi connectivity index (χ2v) is 2.63. The smallest absolute Gasteiger partial charge is 0.305 e. The first-order valence-electron chi connectivity index (χ1n) is 3.97. The first-order chi connectivity index (χ1) is 5.20. The fourth-order valence-corrected chi connectivity index (χ4v) is 0.689. The Labute approximate surface area is 67.4 Å². The first-order valence-corrected chi connectivity index (χ1v) is 3.97. The van der Waals surface area contributed by atoms with E-state index in [4.69, 9.17) is 9.84 Å².